The summed E-state index contributed by atoms with van der Waals surface area (Å²) >= 11 is 0. The molecule has 0 aliphatic rings. The molecule has 7 nitrogen and oxygen atoms in total. The lowest BCUT2D eigenvalue weighted by Gasteiger charge is -2.09. The van der Waals surface area contributed by atoms with Crippen LogP contribution in [0.25, 0.3) is 0 Å². The third-order valence-electron chi connectivity index (χ3n) is 2.43. The molecular formula is C12H14FN5O2. The number of rotatable bonds is 5. The van der Waals surface area contributed by atoms with Crippen molar-refractivity contribution in [1.29, 1.82) is 0 Å². The van der Waals surface area contributed by atoms with Gasteiger partial charge < -0.3 is 20.1 Å². The molecule has 1 heterocycles. The lowest BCUT2D eigenvalue weighted by atomic mass is 10.3. The summed E-state index contributed by atoms with van der Waals surface area (Å²) in [7, 11) is 4.53. The van der Waals surface area contributed by atoms with Gasteiger partial charge in [0.25, 0.3) is 0 Å². The van der Waals surface area contributed by atoms with Gasteiger partial charge in [0.05, 0.1) is 14.2 Å². The summed E-state index contributed by atoms with van der Waals surface area (Å²) in [6.07, 6.45) is 0. The fourth-order valence-electron chi connectivity index (χ4n) is 1.48. The van der Waals surface area contributed by atoms with E-state index < -0.39 is 5.82 Å². The predicted octanol–water partition coefficient (Wildman–Crippen LogP) is 1.81. The Hall–Kier alpha value is -2.64. The van der Waals surface area contributed by atoms with Crippen molar-refractivity contribution in [3.8, 4) is 11.8 Å². The molecule has 1 aromatic heterocycles. The van der Waals surface area contributed by atoms with Gasteiger partial charge >= 0.3 is 6.01 Å². The summed E-state index contributed by atoms with van der Waals surface area (Å²) in [5, 5.41) is 5.72. The van der Waals surface area contributed by atoms with Crippen LogP contribution in [0.3, 0.4) is 0 Å². The lowest BCUT2D eigenvalue weighted by Crippen LogP contribution is -2.05. The smallest absolute Gasteiger partial charge is 0.322 e. The standard InChI is InChI=1S/C12H14FN5O2/c1-14-10-16-11(18-12(17-10)20-3)15-7-4-5-8(13)9(6-7)19-2/h4-6H,1-3H3,(H2,14,15,16,17,18). The van der Waals surface area contributed by atoms with E-state index >= 15 is 0 Å². The largest absolute Gasteiger partial charge is 0.494 e. The Morgan fingerprint density at radius 1 is 1.05 bits per heavy atom. The average molecular weight is 279 g/mol. The van der Waals surface area contributed by atoms with E-state index in [-0.39, 0.29) is 17.7 Å². The van der Waals surface area contributed by atoms with Gasteiger partial charge in [0.2, 0.25) is 11.9 Å². The number of nitrogens with one attached hydrogen (secondary N) is 2. The summed E-state index contributed by atoms with van der Waals surface area (Å²) in [6, 6.07) is 4.51. The zero-order valence-electron chi connectivity index (χ0n) is 11.3. The molecule has 0 fully saturated rings. The van der Waals surface area contributed by atoms with Crippen LogP contribution in [0.1, 0.15) is 0 Å². The van der Waals surface area contributed by atoms with E-state index in [1.165, 1.54) is 26.4 Å². The lowest BCUT2D eigenvalue weighted by molar-refractivity contribution is 0.379. The predicted molar refractivity (Wildman–Crippen MR) is 72.2 cm³/mol. The van der Waals surface area contributed by atoms with E-state index in [0.29, 0.717) is 11.6 Å². The van der Waals surface area contributed by atoms with Crippen molar-refractivity contribution in [3.05, 3.63) is 24.0 Å². The summed E-state index contributed by atoms with van der Waals surface area (Å²) < 4.78 is 23.2. The molecule has 0 saturated carbocycles. The second-order valence-corrected chi connectivity index (χ2v) is 3.69. The van der Waals surface area contributed by atoms with Gasteiger partial charge in [-0.2, -0.15) is 15.0 Å². The summed E-state index contributed by atoms with van der Waals surface area (Å²) in [5.74, 6) is 0.315. The molecule has 2 aromatic rings. The van der Waals surface area contributed by atoms with Crippen molar-refractivity contribution in [3.63, 3.8) is 0 Å². The van der Waals surface area contributed by atoms with Crippen LogP contribution in [-0.4, -0.2) is 36.2 Å². The van der Waals surface area contributed by atoms with E-state index in [1.807, 2.05) is 0 Å². The highest BCUT2D eigenvalue weighted by Crippen LogP contribution is 2.23. The van der Waals surface area contributed by atoms with E-state index in [1.54, 1.807) is 13.1 Å². The van der Waals surface area contributed by atoms with Gasteiger partial charge in [-0.15, -0.1) is 0 Å². The molecule has 0 aliphatic heterocycles. The van der Waals surface area contributed by atoms with Crippen LogP contribution >= 0.6 is 0 Å². The molecule has 0 atom stereocenters. The number of methoxy groups -OCH3 is 2. The zero-order chi connectivity index (χ0) is 14.5. The van der Waals surface area contributed by atoms with Gasteiger partial charge in [-0.1, -0.05) is 0 Å². The summed E-state index contributed by atoms with van der Waals surface area (Å²) in [4.78, 5) is 12.1. The molecule has 0 saturated heterocycles. The van der Waals surface area contributed by atoms with Crippen LogP contribution in [-0.2, 0) is 0 Å². The third-order valence-corrected chi connectivity index (χ3v) is 2.43. The molecule has 0 unspecified atom stereocenters. The second-order valence-electron chi connectivity index (χ2n) is 3.69. The van der Waals surface area contributed by atoms with Gasteiger partial charge in [-0.05, 0) is 12.1 Å². The van der Waals surface area contributed by atoms with Crippen LogP contribution in [0.2, 0.25) is 0 Å². The summed E-state index contributed by atoms with van der Waals surface area (Å²) in [6.45, 7) is 0. The molecule has 0 amide bonds. The minimum atomic E-state index is -0.442. The highest BCUT2D eigenvalue weighted by molar-refractivity contribution is 5.57. The topological polar surface area (TPSA) is 81.2 Å². The maximum absolute atomic E-state index is 13.3. The second kappa shape index (κ2) is 6.00. The Balaban J connectivity index is 2.29. The minimum absolute atomic E-state index is 0.130. The zero-order valence-corrected chi connectivity index (χ0v) is 11.3. The Kier molecular flexibility index (Phi) is 4.14. The number of ether oxygens (including phenoxy) is 2. The Bertz CT molecular complexity index is 586. The van der Waals surface area contributed by atoms with Crippen LogP contribution in [0.15, 0.2) is 18.2 Å². The molecule has 0 bridgehead atoms. The van der Waals surface area contributed by atoms with Crippen molar-refractivity contribution < 1.29 is 13.9 Å². The van der Waals surface area contributed by atoms with Gasteiger partial charge in [0.1, 0.15) is 0 Å². The van der Waals surface area contributed by atoms with Gasteiger partial charge in [0, 0.05) is 18.8 Å². The normalized spacial score (nSPS) is 10.0. The summed E-state index contributed by atoms with van der Waals surface area (Å²) in [5.41, 5.74) is 0.582. The van der Waals surface area contributed by atoms with Crippen molar-refractivity contribution >= 4 is 17.6 Å². The SMILES string of the molecule is CNc1nc(Nc2ccc(F)c(OC)c2)nc(OC)n1. The highest BCUT2D eigenvalue weighted by atomic mass is 19.1. The number of halogens is 1. The number of aromatic nitrogens is 3. The van der Waals surface area contributed by atoms with Gasteiger partial charge in [-0.25, -0.2) is 4.39 Å². The Morgan fingerprint density at radius 2 is 1.80 bits per heavy atom. The van der Waals surface area contributed by atoms with E-state index in [0.717, 1.165) is 0 Å². The van der Waals surface area contributed by atoms with Crippen LogP contribution in [0.5, 0.6) is 11.8 Å². The molecule has 0 radical (unpaired) electrons. The minimum Gasteiger partial charge on any atom is -0.494 e. The number of benzene rings is 1. The number of anilines is 3. The average Bonchev–Trinajstić information content (AvgIpc) is 2.48. The monoisotopic (exact) mass is 279 g/mol. The fraction of sp³-hybridized carbons (Fsp3) is 0.250. The molecule has 106 valence electrons. The first-order valence-electron chi connectivity index (χ1n) is 5.74. The van der Waals surface area contributed by atoms with Gasteiger partial charge in [-0.3, -0.25) is 0 Å². The molecule has 0 spiro atoms. The molecule has 2 N–H and O–H groups in total. The number of nitrogens with zero attached hydrogens (tertiary/aromatic N) is 3. The quantitative estimate of drug-likeness (QED) is 0.863. The molecule has 8 heteroatoms. The van der Waals surface area contributed by atoms with Crippen LogP contribution in [0.4, 0.5) is 22.0 Å². The van der Waals surface area contributed by atoms with Crippen molar-refractivity contribution in [2.45, 2.75) is 0 Å². The Labute approximate surface area is 115 Å². The number of hydrogen-bond donors (Lipinski definition) is 2. The first kappa shape index (κ1) is 13.8. The van der Waals surface area contributed by atoms with Crippen molar-refractivity contribution in [2.75, 3.05) is 31.9 Å². The van der Waals surface area contributed by atoms with Crippen LogP contribution in [0, 0.1) is 5.82 Å². The Morgan fingerprint density at radius 3 is 2.45 bits per heavy atom. The molecule has 20 heavy (non-hydrogen) atoms. The molecule has 2 rings (SSSR count). The highest BCUT2D eigenvalue weighted by Gasteiger charge is 2.08. The van der Waals surface area contributed by atoms with E-state index in [9.17, 15) is 4.39 Å². The van der Waals surface area contributed by atoms with Gasteiger partial charge in [0.15, 0.2) is 11.6 Å². The van der Waals surface area contributed by atoms with Crippen LogP contribution < -0.4 is 20.1 Å². The first-order valence-corrected chi connectivity index (χ1v) is 5.74. The third kappa shape index (κ3) is 3.02. The van der Waals surface area contributed by atoms with Crippen molar-refractivity contribution in [1.82, 2.24) is 15.0 Å². The maximum Gasteiger partial charge on any atom is 0.322 e. The van der Waals surface area contributed by atoms with E-state index in [4.69, 9.17) is 9.47 Å². The van der Waals surface area contributed by atoms with Crippen molar-refractivity contribution in [2.24, 2.45) is 0 Å². The van der Waals surface area contributed by atoms with E-state index in [2.05, 4.69) is 25.6 Å². The fourth-order valence-corrected chi connectivity index (χ4v) is 1.48. The molecular weight excluding hydrogens is 265 g/mol. The number of hydrogen-bond acceptors (Lipinski definition) is 7. The molecule has 1 aromatic carbocycles. The first-order chi connectivity index (χ1) is 9.66. The molecule has 0 aliphatic carbocycles. The maximum atomic E-state index is 13.3.